The largest absolute Gasteiger partial charge is 0.384 e. The van der Waals surface area contributed by atoms with Crippen molar-refractivity contribution in [1.82, 2.24) is 4.90 Å². The lowest BCUT2D eigenvalue weighted by atomic mass is 10.0. The zero-order chi connectivity index (χ0) is 13.0. The molecule has 0 spiro atoms. The van der Waals surface area contributed by atoms with Gasteiger partial charge >= 0.3 is 0 Å². The minimum absolute atomic E-state index is 0.117. The number of aliphatic hydroxyl groups excluding tert-OH is 1. The summed E-state index contributed by atoms with van der Waals surface area (Å²) < 4.78 is 0. The molecule has 0 radical (unpaired) electrons. The van der Waals surface area contributed by atoms with E-state index in [9.17, 15) is 4.79 Å². The molecule has 1 aliphatic rings. The Kier molecular flexibility index (Phi) is 4.01. The second-order valence-corrected chi connectivity index (χ2v) is 4.49. The van der Waals surface area contributed by atoms with Crippen LogP contribution in [0.5, 0.6) is 0 Å². The Morgan fingerprint density at radius 1 is 1.39 bits per heavy atom. The number of aryl methyl sites for hydroxylation is 1. The first-order valence-corrected chi connectivity index (χ1v) is 6.22. The summed E-state index contributed by atoms with van der Waals surface area (Å²) in [6.45, 7) is 3.51. The summed E-state index contributed by atoms with van der Waals surface area (Å²) in [6, 6.07) is 5.56. The van der Waals surface area contributed by atoms with Gasteiger partial charge in [-0.1, -0.05) is 11.8 Å². The second kappa shape index (κ2) is 5.70. The Morgan fingerprint density at radius 3 is 2.72 bits per heavy atom. The van der Waals surface area contributed by atoms with Crippen molar-refractivity contribution in [2.45, 2.75) is 19.8 Å². The molecule has 3 nitrogen and oxygen atoms in total. The van der Waals surface area contributed by atoms with Gasteiger partial charge in [-0.2, -0.15) is 0 Å². The van der Waals surface area contributed by atoms with Crippen molar-refractivity contribution in [3.8, 4) is 11.8 Å². The molecule has 1 aromatic carbocycles. The van der Waals surface area contributed by atoms with Gasteiger partial charge in [0.25, 0.3) is 5.91 Å². The molecule has 18 heavy (non-hydrogen) atoms. The van der Waals surface area contributed by atoms with Gasteiger partial charge in [0.05, 0.1) is 0 Å². The molecular weight excluding hydrogens is 226 g/mol. The molecule has 1 fully saturated rings. The Morgan fingerprint density at radius 2 is 2.11 bits per heavy atom. The average Bonchev–Trinajstić information content (AvgIpc) is 2.89. The first-order chi connectivity index (χ1) is 8.72. The summed E-state index contributed by atoms with van der Waals surface area (Å²) in [5, 5.41) is 8.65. The van der Waals surface area contributed by atoms with E-state index in [0.29, 0.717) is 0 Å². The highest BCUT2D eigenvalue weighted by molar-refractivity contribution is 5.95. The zero-order valence-corrected chi connectivity index (χ0v) is 10.6. The van der Waals surface area contributed by atoms with Crippen LogP contribution < -0.4 is 0 Å². The summed E-state index contributed by atoms with van der Waals surface area (Å²) in [6.07, 6.45) is 2.20. The molecule has 0 unspecified atom stereocenters. The lowest BCUT2D eigenvalue weighted by Gasteiger charge is -2.16. The number of carbonyl (C=O) groups excluding carboxylic acids is 1. The Bertz CT molecular complexity index is 505. The molecule has 1 aromatic rings. The number of carbonyl (C=O) groups is 1. The third kappa shape index (κ3) is 2.72. The van der Waals surface area contributed by atoms with Crippen molar-refractivity contribution in [1.29, 1.82) is 0 Å². The number of benzene rings is 1. The number of nitrogens with zero attached hydrogens (tertiary/aromatic N) is 1. The lowest BCUT2D eigenvalue weighted by Crippen LogP contribution is -2.28. The minimum Gasteiger partial charge on any atom is -0.384 e. The number of amides is 1. The van der Waals surface area contributed by atoms with E-state index >= 15 is 0 Å². The molecule has 1 aliphatic heterocycles. The first kappa shape index (κ1) is 12.7. The number of aliphatic hydroxyl groups is 1. The molecular formula is C15H17NO2. The summed E-state index contributed by atoms with van der Waals surface area (Å²) in [4.78, 5) is 14.1. The molecule has 3 heteroatoms. The van der Waals surface area contributed by atoms with Crippen molar-refractivity contribution >= 4 is 5.91 Å². The van der Waals surface area contributed by atoms with E-state index in [1.54, 1.807) is 0 Å². The number of hydrogen-bond acceptors (Lipinski definition) is 2. The molecule has 0 saturated carbocycles. The van der Waals surface area contributed by atoms with Crippen LogP contribution >= 0.6 is 0 Å². The van der Waals surface area contributed by atoms with Crippen molar-refractivity contribution in [2.75, 3.05) is 19.7 Å². The smallest absolute Gasteiger partial charge is 0.254 e. The molecule has 1 amide bonds. The van der Waals surface area contributed by atoms with Crippen LogP contribution in [0, 0.1) is 18.8 Å². The van der Waals surface area contributed by atoms with Crippen molar-refractivity contribution in [3.05, 3.63) is 34.9 Å². The van der Waals surface area contributed by atoms with Crippen LogP contribution in [0.4, 0.5) is 0 Å². The normalized spacial score (nSPS) is 14.2. The monoisotopic (exact) mass is 243 g/mol. The fraction of sp³-hybridized carbons (Fsp3) is 0.400. The maximum Gasteiger partial charge on any atom is 0.254 e. The Labute approximate surface area is 107 Å². The van der Waals surface area contributed by atoms with Crippen LogP contribution in [0.3, 0.4) is 0 Å². The number of likely N-dealkylation sites (tertiary alicyclic amines) is 1. The molecule has 1 N–H and O–H groups in total. The molecule has 94 valence electrons. The van der Waals surface area contributed by atoms with Gasteiger partial charge in [-0.05, 0) is 43.5 Å². The Hall–Kier alpha value is -1.79. The van der Waals surface area contributed by atoms with E-state index in [-0.39, 0.29) is 12.5 Å². The fourth-order valence-electron chi connectivity index (χ4n) is 2.21. The lowest BCUT2D eigenvalue weighted by molar-refractivity contribution is 0.0792. The van der Waals surface area contributed by atoms with Gasteiger partial charge in [0, 0.05) is 24.2 Å². The first-order valence-electron chi connectivity index (χ1n) is 6.22. The topological polar surface area (TPSA) is 40.5 Å². The standard InChI is InChI=1S/C15H17NO2/c1-12-11-13(5-4-10-17)6-7-14(12)15(18)16-8-2-3-9-16/h6-7,11,17H,2-3,8-10H2,1H3. The van der Waals surface area contributed by atoms with Gasteiger partial charge in [0.1, 0.15) is 6.61 Å². The third-order valence-corrected chi connectivity index (χ3v) is 3.16. The van der Waals surface area contributed by atoms with Gasteiger partial charge in [-0.15, -0.1) is 0 Å². The Balaban J connectivity index is 2.21. The van der Waals surface area contributed by atoms with Crippen molar-refractivity contribution in [3.63, 3.8) is 0 Å². The van der Waals surface area contributed by atoms with E-state index in [1.165, 1.54) is 0 Å². The molecule has 0 atom stereocenters. The highest BCUT2D eigenvalue weighted by atomic mass is 16.2. The van der Waals surface area contributed by atoms with Crippen LogP contribution in [-0.2, 0) is 0 Å². The predicted octanol–water partition coefficient (Wildman–Crippen LogP) is 1.57. The van der Waals surface area contributed by atoms with E-state index < -0.39 is 0 Å². The summed E-state index contributed by atoms with van der Waals surface area (Å²) in [5.41, 5.74) is 2.53. The van der Waals surface area contributed by atoms with Crippen molar-refractivity contribution in [2.24, 2.45) is 0 Å². The fourth-order valence-corrected chi connectivity index (χ4v) is 2.21. The maximum atomic E-state index is 12.2. The van der Waals surface area contributed by atoms with E-state index in [0.717, 1.165) is 42.6 Å². The van der Waals surface area contributed by atoms with Crippen molar-refractivity contribution < 1.29 is 9.90 Å². The quantitative estimate of drug-likeness (QED) is 0.761. The number of rotatable bonds is 1. The highest BCUT2D eigenvalue weighted by Gasteiger charge is 2.20. The zero-order valence-electron chi connectivity index (χ0n) is 10.6. The molecule has 2 rings (SSSR count). The van der Waals surface area contributed by atoms with Crippen LogP contribution in [0.2, 0.25) is 0 Å². The molecule has 1 heterocycles. The van der Waals surface area contributed by atoms with Crippen LogP contribution in [0.1, 0.15) is 34.3 Å². The highest BCUT2D eigenvalue weighted by Crippen LogP contribution is 2.16. The van der Waals surface area contributed by atoms with Gasteiger partial charge < -0.3 is 10.0 Å². The minimum atomic E-state index is -0.145. The van der Waals surface area contributed by atoms with Crippen LogP contribution in [0.15, 0.2) is 18.2 Å². The van der Waals surface area contributed by atoms with E-state index in [4.69, 9.17) is 5.11 Å². The van der Waals surface area contributed by atoms with Crippen LogP contribution in [-0.4, -0.2) is 35.6 Å². The van der Waals surface area contributed by atoms with Gasteiger partial charge in [0.2, 0.25) is 0 Å². The molecule has 0 aliphatic carbocycles. The SMILES string of the molecule is Cc1cc(C#CCO)ccc1C(=O)N1CCCC1. The maximum absolute atomic E-state index is 12.2. The third-order valence-electron chi connectivity index (χ3n) is 3.16. The predicted molar refractivity (Wildman–Crippen MR) is 70.3 cm³/mol. The summed E-state index contributed by atoms with van der Waals surface area (Å²) in [5.74, 6) is 5.57. The second-order valence-electron chi connectivity index (χ2n) is 4.49. The van der Waals surface area contributed by atoms with E-state index in [1.807, 2.05) is 30.0 Å². The summed E-state index contributed by atoms with van der Waals surface area (Å²) in [7, 11) is 0. The van der Waals surface area contributed by atoms with Gasteiger partial charge in [0.15, 0.2) is 0 Å². The van der Waals surface area contributed by atoms with Gasteiger partial charge in [-0.25, -0.2) is 0 Å². The van der Waals surface area contributed by atoms with E-state index in [2.05, 4.69) is 11.8 Å². The average molecular weight is 243 g/mol. The molecule has 0 aromatic heterocycles. The molecule has 1 saturated heterocycles. The van der Waals surface area contributed by atoms with Gasteiger partial charge in [-0.3, -0.25) is 4.79 Å². The summed E-state index contributed by atoms with van der Waals surface area (Å²) >= 11 is 0. The van der Waals surface area contributed by atoms with Crippen LogP contribution in [0.25, 0.3) is 0 Å². The number of hydrogen-bond donors (Lipinski definition) is 1. The molecule has 0 bridgehead atoms.